The molecule has 1 saturated heterocycles. The molecule has 2 aromatic heterocycles. The van der Waals surface area contributed by atoms with Crippen molar-refractivity contribution in [3.05, 3.63) is 63.3 Å². The summed E-state index contributed by atoms with van der Waals surface area (Å²) in [5, 5.41) is 5.51. The zero-order valence-corrected chi connectivity index (χ0v) is 23.9. The quantitative estimate of drug-likeness (QED) is 0.227. The van der Waals surface area contributed by atoms with Crippen LogP contribution in [-0.4, -0.2) is 47.0 Å². The van der Waals surface area contributed by atoms with Crippen molar-refractivity contribution in [2.24, 2.45) is 18.9 Å². The van der Waals surface area contributed by atoms with E-state index in [2.05, 4.69) is 14.6 Å². The van der Waals surface area contributed by atoms with E-state index in [4.69, 9.17) is 42.2 Å². The van der Waals surface area contributed by atoms with E-state index in [0.717, 1.165) is 67.1 Å². The summed E-state index contributed by atoms with van der Waals surface area (Å²) in [6.07, 6.45) is 4.39. The monoisotopic (exact) mass is 580 g/mol. The Morgan fingerprint density at radius 2 is 1.82 bits per heavy atom. The van der Waals surface area contributed by atoms with Gasteiger partial charge >= 0.3 is 5.97 Å². The highest BCUT2D eigenvalue weighted by Gasteiger charge is 2.43. The lowest BCUT2D eigenvalue weighted by Crippen LogP contribution is -2.25. The second-order valence-corrected chi connectivity index (χ2v) is 12.1. The lowest BCUT2D eigenvalue weighted by atomic mass is 10.0. The maximum Gasteiger partial charge on any atom is 0.337 e. The molecule has 2 unspecified atom stereocenters. The first-order valence-electron chi connectivity index (χ1n) is 13.8. The summed E-state index contributed by atoms with van der Waals surface area (Å²) in [5.41, 5.74) is 4.68. The third-order valence-corrected chi connectivity index (χ3v) is 9.33. The number of benzene rings is 2. The molecule has 3 atom stereocenters. The van der Waals surface area contributed by atoms with Crippen LogP contribution >= 0.6 is 23.2 Å². The zero-order valence-electron chi connectivity index (χ0n) is 22.4. The van der Waals surface area contributed by atoms with E-state index in [1.807, 2.05) is 31.3 Å². The molecule has 10 heteroatoms. The minimum Gasteiger partial charge on any atom is -0.465 e. The number of methoxy groups -OCH3 is 1. The fourth-order valence-electron chi connectivity index (χ4n) is 6.51. The Morgan fingerprint density at radius 1 is 1.10 bits per heavy atom. The molecular weight excluding hydrogens is 551 g/mol. The van der Waals surface area contributed by atoms with Crippen LogP contribution in [0.15, 0.2) is 40.9 Å². The SMILES string of the molecule is COC(=O)c1ccc2c(c1)nc(N1CC3CC(OCc4c(-c5c(Cl)cccc5Cl)noc4C4CC4)C[C@H]3C1)n2C. The first-order chi connectivity index (χ1) is 19.4. The Hall–Kier alpha value is -3.07. The molecule has 0 N–H and O–H groups in total. The van der Waals surface area contributed by atoms with Crippen molar-refractivity contribution in [1.82, 2.24) is 14.7 Å². The second-order valence-electron chi connectivity index (χ2n) is 11.2. The minimum absolute atomic E-state index is 0.178. The zero-order chi connectivity index (χ0) is 27.5. The van der Waals surface area contributed by atoms with Crippen LogP contribution < -0.4 is 4.90 Å². The molecule has 1 aliphatic heterocycles. The van der Waals surface area contributed by atoms with Gasteiger partial charge in [0.15, 0.2) is 0 Å². The number of nitrogens with zero attached hydrogens (tertiary/aromatic N) is 4. The van der Waals surface area contributed by atoms with Crippen molar-refractivity contribution in [3.8, 4) is 11.3 Å². The predicted octanol–water partition coefficient (Wildman–Crippen LogP) is 6.63. The Balaban J connectivity index is 1.04. The van der Waals surface area contributed by atoms with Crippen LogP contribution in [0.2, 0.25) is 10.0 Å². The van der Waals surface area contributed by atoms with Crippen molar-refractivity contribution < 1.29 is 18.8 Å². The van der Waals surface area contributed by atoms with E-state index in [0.29, 0.717) is 51.2 Å². The molecule has 2 aliphatic carbocycles. The molecule has 3 aliphatic rings. The molecule has 208 valence electrons. The maximum atomic E-state index is 12.0. The number of aryl methyl sites for hydroxylation is 1. The van der Waals surface area contributed by atoms with Crippen LogP contribution in [0.5, 0.6) is 0 Å². The maximum absolute atomic E-state index is 12.0. The Bertz CT molecular complexity index is 1580. The first kappa shape index (κ1) is 25.9. The molecule has 0 radical (unpaired) electrons. The van der Waals surface area contributed by atoms with Crippen LogP contribution in [0.1, 0.15) is 53.3 Å². The van der Waals surface area contributed by atoms with Crippen LogP contribution in [0.4, 0.5) is 5.95 Å². The molecule has 3 heterocycles. The van der Waals surface area contributed by atoms with Crippen molar-refractivity contribution in [1.29, 1.82) is 0 Å². The molecule has 0 amide bonds. The largest absolute Gasteiger partial charge is 0.465 e. The van der Waals surface area contributed by atoms with Crippen LogP contribution in [0.3, 0.4) is 0 Å². The van der Waals surface area contributed by atoms with Gasteiger partial charge in [-0.3, -0.25) is 0 Å². The van der Waals surface area contributed by atoms with E-state index in [1.54, 1.807) is 12.1 Å². The van der Waals surface area contributed by atoms with E-state index >= 15 is 0 Å². The number of ether oxygens (including phenoxy) is 2. The number of carbonyl (C=O) groups excluding carboxylic acids is 1. The predicted molar refractivity (Wildman–Crippen MR) is 153 cm³/mol. The number of halogens is 2. The summed E-state index contributed by atoms with van der Waals surface area (Å²) in [7, 11) is 3.42. The second kappa shape index (κ2) is 10.1. The number of hydrogen-bond acceptors (Lipinski definition) is 7. The van der Waals surface area contributed by atoms with Crippen molar-refractivity contribution >= 4 is 46.2 Å². The minimum atomic E-state index is -0.353. The molecule has 2 aromatic carbocycles. The van der Waals surface area contributed by atoms with Gasteiger partial charge in [-0.1, -0.05) is 34.4 Å². The number of carbonyl (C=O) groups is 1. The van der Waals surface area contributed by atoms with Crippen LogP contribution in [0, 0.1) is 11.8 Å². The number of rotatable bonds is 7. The lowest BCUT2D eigenvalue weighted by Gasteiger charge is -2.20. The summed E-state index contributed by atoms with van der Waals surface area (Å²) in [6, 6.07) is 11.0. The number of fused-ring (bicyclic) bond motifs is 2. The van der Waals surface area contributed by atoms with E-state index < -0.39 is 0 Å². The van der Waals surface area contributed by atoms with E-state index in [1.165, 1.54) is 7.11 Å². The summed E-state index contributed by atoms with van der Waals surface area (Å²) >= 11 is 13.0. The average Bonchev–Trinajstić information content (AvgIpc) is 3.24. The van der Waals surface area contributed by atoms with Crippen LogP contribution in [-0.2, 0) is 23.1 Å². The topological polar surface area (TPSA) is 82.6 Å². The van der Waals surface area contributed by atoms with Gasteiger partial charge < -0.3 is 23.5 Å². The van der Waals surface area contributed by atoms with Gasteiger partial charge in [0.05, 0.1) is 46.5 Å². The van der Waals surface area contributed by atoms with Gasteiger partial charge in [-0.15, -0.1) is 0 Å². The van der Waals surface area contributed by atoms with Crippen molar-refractivity contribution in [2.45, 2.75) is 44.3 Å². The Kier molecular flexibility index (Phi) is 6.52. The van der Waals surface area contributed by atoms with Gasteiger partial charge in [0, 0.05) is 37.2 Å². The summed E-state index contributed by atoms with van der Waals surface area (Å²) < 4.78 is 19.3. The van der Waals surface area contributed by atoms with Crippen molar-refractivity contribution in [3.63, 3.8) is 0 Å². The number of hydrogen-bond donors (Lipinski definition) is 0. The molecule has 0 bridgehead atoms. The normalized spacial score (nSPS) is 22.3. The van der Waals surface area contributed by atoms with Gasteiger partial charge in [0.2, 0.25) is 5.95 Å². The van der Waals surface area contributed by atoms with Crippen LogP contribution in [0.25, 0.3) is 22.3 Å². The standard InChI is InChI=1S/C30H30Cl2N4O4/c1-35-25-9-8-17(29(37)38-2)12-24(25)33-30(35)36-13-18-10-20(11-19(18)14-36)39-15-21-27(34-40-28(21)16-6-7-16)26-22(31)4-3-5-23(26)32/h3-5,8-9,12,16,18-20H,6-7,10-11,13-15H2,1-2H3/t18-,19?,20?/m0/s1. The number of esters is 1. The van der Waals surface area contributed by atoms with Crippen molar-refractivity contribution in [2.75, 3.05) is 25.1 Å². The third-order valence-electron chi connectivity index (χ3n) is 8.70. The molecular formula is C30H30Cl2N4O4. The fourth-order valence-corrected chi connectivity index (χ4v) is 7.08. The highest BCUT2D eigenvalue weighted by molar-refractivity contribution is 6.39. The molecule has 40 heavy (non-hydrogen) atoms. The fraction of sp³-hybridized carbons (Fsp3) is 0.433. The Labute approximate surface area is 242 Å². The van der Waals surface area contributed by atoms with Gasteiger partial charge in [0.1, 0.15) is 11.5 Å². The van der Waals surface area contributed by atoms with E-state index in [9.17, 15) is 4.79 Å². The number of anilines is 1. The average molecular weight is 582 g/mol. The molecule has 2 saturated carbocycles. The molecule has 3 fully saturated rings. The molecule has 7 rings (SSSR count). The Morgan fingerprint density at radius 3 is 2.50 bits per heavy atom. The third kappa shape index (κ3) is 4.46. The smallest absolute Gasteiger partial charge is 0.337 e. The first-order valence-corrected chi connectivity index (χ1v) is 14.5. The summed E-state index contributed by atoms with van der Waals surface area (Å²) in [5.74, 6) is 2.97. The lowest BCUT2D eigenvalue weighted by molar-refractivity contribution is 0.0402. The molecule has 8 nitrogen and oxygen atoms in total. The highest BCUT2D eigenvalue weighted by Crippen LogP contribution is 2.47. The summed E-state index contributed by atoms with van der Waals surface area (Å²) in [4.78, 5) is 19.2. The van der Waals surface area contributed by atoms with E-state index in [-0.39, 0.29) is 12.1 Å². The van der Waals surface area contributed by atoms with Gasteiger partial charge in [-0.25, -0.2) is 9.78 Å². The van der Waals surface area contributed by atoms with Gasteiger partial charge in [0.25, 0.3) is 0 Å². The van der Waals surface area contributed by atoms with Gasteiger partial charge in [-0.05, 0) is 67.9 Å². The number of aromatic nitrogens is 3. The molecule has 0 spiro atoms. The number of imidazole rings is 1. The summed E-state index contributed by atoms with van der Waals surface area (Å²) in [6.45, 7) is 2.31. The molecule has 4 aromatic rings. The van der Waals surface area contributed by atoms with Gasteiger partial charge in [-0.2, -0.15) is 0 Å². The highest BCUT2D eigenvalue weighted by atomic mass is 35.5.